The number of carbonyl (C=O) groups is 1. The minimum absolute atomic E-state index is 0.158. The number of methoxy groups -OCH3 is 1. The monoisotopic (exact) mass is 340 g/mol. The van der Waals surface area contributed by atoms with E-state index in [0.29, 0.717) is 18.2 Å². The van der Waals surface area contributed by atoms with Gasteiger partial charge >= 0.3 is 0 Å². The molecule has 1 aliphatic heterocycles. The molecule has 1 N–H and O–H groups in total. The van der Waals surface area contributed by atoms with Gasteiger partial charge in [-0.3, -0.25) is 4.79 Å². The van der Waals surface area contributed by atoms with E-state index in [9.17, 15) is 4.79 Å². The van der Waals surface area contributed by atoms with Crippen LogP contribution in [-0.4, -0.2) is 42.6 Å². The molecule has 2 aromatic rings. The topological polar surface area (TPSA) is 67.3 Å². The van der Waals surface area contributed by atoms with Gasteiger partial charge in [-0.15, -0.1) is 0 Å². The van der Waals surface area contributed by atoms with Crippen LogP contribution in [-0.2, 0) is 6.42 Å². The van der Waals surface area contributed by atoms with Crippen molar-refractivity contribution in [3.05, 3.63) is 47.3 Å². The van der Waals surface area contributed by atoms with Gasteiger partial charge in [-0.25, -0.2) is 9.97 Å². The first-order chi connectivity index (χ1) is 12.2. The number of benzene rings is 1. The van der Waals surface area contributed by atoms with Crippen LogP contribution in [0, 0.1) is 6.92 Å². The molecule has 0 unspecified atom stereocenters. The number of carbonyl (C=O) groups excluding carboxylic acids is 1. The van der Waals surface area contributed by atoms with Gasteiger partial charge in [0.05, 0.1) is 7.11 Å². The summed E-state index contributed by atoms with van der Waals surface area (Å²) >= 11 is 0. The molecular weight excluding hydrogens is 316 g/mol. The predicted molar refractivity (Wildman–Crippen MR) is 97.2 cm³/mol. The van der Waals surface area contributed by atoms with Gasteiger partial charge in [-0.05, 0) is 49.9 Å². The molecule has 2 heterocycles. The Bertz CT molecular complexity index is 742. The molecule has 1 aliphatic rings. The van der Waals surface area contributed by atoms with E-state index >= 15 is 0 Å². The van der Waals surface area contributed by atoms with Crippen molar-refractivity contribution in [2.45, 2.75) is 26.2 Å². The van der Waals surface area contributed by atoms with Crippen molar-refractivity contribution >= 4 is 11.9 Å². The third kappa shape index (κ3) is 4.47. The molecule has 25 heavy (non-hydrogen) atoms. The minimum atomic E-state index is -0.158. The summed E-state index contributed by atoms with van der Waals surface area (Å²) in [4.78, 5) is 23.5. The number of rotatable bonds is 6. The Labute approximate surface area is 148 Å². The van der Waals surface area contributed by atoms with Gasteiger partial charge in [0.15, 0.2) is 0 Å². The maximum atomic E-state index is 12.4. The lowest BCUT2D eigenvalue weighted by Crippen LogP contribution is -2.28. The number of amides is 1. The van der Waals surface area contributed by atoms with Crippen molar-refractivity contribution in [3.63, 3.8) is 0 Å². The quantitative estimate of drug-likeness (QED) is 0.874. The standard InChI is InChI=1S/C19H24N4O2/c1-14-12-17(22-19(21-14)23-10-3-4-11-23)18(24)20-9-8-15-6-5-7-16(13-15)25-2/h5-7,12-13H,3-4,8-11H2,1-2H3,(H,20,24). The normalized spacial score (nSPS) is 13.8. The van der Waals surface area contributed by atoms with Gasteiger partial charge in [0.2, 0.25) is 5.95 Å². The van der Waals surface area contributed by atoms with Crippen molar-refractivity contribution in [2.75, 3.05) is 31.6 Å². The van der Waals surface area contributed by atoms with Gasteiger partial charge < -0.3 is 15.0 Å². The van der Waals surface area contributed by atoms with Crippen LogP contribution >= 0.6 is 0 Å². The highest BCUT2D eigenvalue weighted by atomic mass is 16.5. The fourth-order valence-electron chi connectivity index (χ4n) is 2.97. The number of nitrogens with zero attached hydrogens (tertiary/aromatic N) is 3. The summed E-state index contributed by atoms with van der Waals surface area (Å²) < 4.78 is 5.22. The molecule has 1 saturated heterocycles. The van der Waals surface area contributed by atoms with Crippen LogP contribution in [0.15, 0.2) is 30.3 Å². The molecule has 0 atom stereocenters. The summed E-state index contributed by atoms with van der Waals surface area (Å²) in [6.07, 6.45) is 3.05. The van der Waals surface area contributed by atoms with E-state index < -0.39 is 0 Å². The molecule has 0 bridgehead atoms. The molecule has 0 aliphatic carbocycles. The lowest BCUT2D eigenvalue weighted by molar-refractivity contribution is 0.0949. The van der Waals surface area contributed by atoms with Crippen LogP contribution < -0.4 is 15.0 Å². The van der Waals surface area contributed by atoms with Crippen LogP contribution in [0.3, 0.4) is 0 Å². The van der Waals surface area contributed by atoms with E-state index in [2.05, 4.69) is 20.2 Å². The summed E-state index contributed by atoms with van der Waals surface area (Å²) in [5, 5.41) is 2.94. The third-order valence-corrected chi connectivity index (χ3v) is 4.30. The average molecular weight is 340 g/mol. The second-order valence-corrected chi connectivity index (χ2v) is 6.25. The molecule has 1 fully saturated rings. The summed E-state index contributed by atoms with van der Waals surface area (Å²) in [7, 11) is 1.65. The fraction of sp³-hybridized carbons (Fsp3) is 0.421. The zero-order valence-corrected chi connectivity index (χ0v) is 14.8. The zero-order chi connectivity index (χ0) is 17.6. The molecule has 3 rings (SSSR count). The molecule has 0 saturated carbocycles. The Kier molecular flexibility index (Phi) is 5.48. The number of ether oxygens (including phenoxy) is 1. The van der Waals surface area contributed by atoms with E-state index in [0.717, 1.165) is 49.4 Å². The molecule has 6 nitrogen and oxygen atoms in total. The van der Waals surface area contributed by atoms with Crippen molar-refractivity contribution in [2.24, 2.45) is 0 Å². The smallest absolute Gasteiger partial charge is 0.270 e. The molecule has 0 spiro atoms. The third-order valence-electron chi connectivity index (χ3n) is 4.30. The summed E-state index contributed by atoms with van der Waals surface area (Å²) in [6, 6.07) is 9.60. The highest BCUT2D eigenvalue weighted by Gasteiger charge is 2.18. The highest BCUT2D eigenvalue weighted by Crippen LogP contribution is 2.17. The number of nitrogens with one attached hydrogen (secondary N) is 1. The Morgan fingerprint density at radius 2 is 2.04 bits per heavy atom. The van der Waals surface area contributed by atoms with Gasteiger partial charge in [-0.1, -0.05) is 12.1 Å². The lowest BCUT2D eigenvalue weighted by Gasteiger charge is -2.16. The maximum Gasteiger partial charge on any atom is 0.270 e. The first-order valence-electron chi connectivity index (χ1n) is 8.67. The average Bonchev–Trinajstić information content (AvgIpc) is 3.16. The largest absolute Gasteiger partial charge is 0.497 e. The van der Waals surface area contributed by atoms with Crippen LogP contribution in [0.25, 0.3) is 0 Å². The first kappa shape index (κ1) is 17.2. The summed E-state index contributed by atoms with van der Waals surface area (Å²) in [6.45, 7) is 4.36. The van der Waals surface area contributed by atoms with E-state index in [4.69, 9.17) is 4.74 Å². The molecule has 1 aromatic heterocycles. The van der Waals surface area contributed by atoms with Gasteiger partial charge in [0.25, 0.3) is 5.91 Å². The van der Waals surface area contributed by atoms with E-state index in [-0.39, 0.29) is 5.91 Å². The zero-order valence-electron chi connectivity index (χ0n) is 14.8. The number of aryl methyl sites for hydroxylation is 1. The second kappa shape index (κ2) is 7.96. The Morgan fingerprint density at radius 3 is 2.80 bits per heavy atom. The van der Waals surface area contributed by atoms with Crippen LogP contribution in [0.4, 0.5) is 5.95 Å². The number of aromatic nitrogens is 2. The molecule has 0 radical (unpaired) electrons. The minimum Gasteiger partial charge on any atom is -0.497 e. The van der Waals surface area contributed by atoms with Gasteiger partial charge in [0.1, 0.15) is 11.4 Å². The maximum absolute atomic E-state index is 12.4. The number of anilines is 1. The molecule has 1 amide bonds. The van der Waals surface area contributed by atoms with Crippen LogP contribution in [0.1, 0.15) is 34.6 Å². The molecule has 1 aromatic carbocycles. The van der Waals surface area contributed by atoms with Crippen molar-refractivity contribution in [1.82, 2.24) is 15.3 Å². The van der Waals surface area contributed by atoms with Gasteiger partial charge in [0, 0.05) is 25.3 Å². The van der Waals surface area contributed by atoms with Crippen molar-refractivity contribution in [3.8, 4) is 5.75 Å². The van der Waals surface area contributed by atoms with Crippen LogP contribution in [0.2, 0.25) is 0 Å². The van der Waals surface area contributed by atoms with Crippen molar-refractivity contribution < 1.29 is 9.53 Å². The van der Waals surface area contributed by atoms with E-state index in [1.807, 2.05) is 31.2 Å². The van der Waals surface area contributed by atoms with E-state index in [1.54, 1.807) is 13.2 Å². The first-order valence-corrected chi connectivity index (χ1v) is 8.67. The summed E-state index contributed by atoms with van der Waals surface area (Å²) in [5.74, 6) is 1.33. The van der Waals surface area contributed by atoms with Gasteiger partial charge in [-0.2, -0.15) is 0 Å². The molecule has 132 valence electrons. The van der Waals surface area contributed by atoms with E-state index in [1.165, 1.54) is 0 Å². The number of hydrogen-bond acceptors (Lipinski definition) is 5. The van der Waals surface area contributed by atoms with Crippen molar-refractivity contribution in [1.29, 1.82) is 0 Å². The SMILES string of the molecule is COc1cccc(CCNC(=O)c2cc(C)nc(N3CCCC3)n2)c1. The highest BCUT2D eigenvalue weighted by molar-refractivity contribution is 5.92. The Balaban J connectivity index is 1.60. The summed E-state index contributed by atoms with van der Waals surface area (Å²) in [5.41, 5.74) is 2.37. The Hall–Kier alpha value is -2.63. The fourth-order valence-corrected chi connectivity index (χ4v) is 2.97. The lowest BCUT2D eigenvalue weighted by atomic mass is 10.1. The molecule has 6 heteroatoms. The number of hydrogen-bond donors (Lipinski definition) is 1. The molecular formula is C19H24N4O2. The predicted octanol–water partition coefficient (Wildman–Crippen LogP) is 2.37. The second-order valence-electron chi connectivity index (χ2n) is 6.25. The van der Waals surface area contributed by atoms with Crippen LogP contribution in [0.5, 0.6) is 5.75 Å². The Morgan fingerprint density at radius 1 is 1.24 bits per heavy atom.